The molecule has 0 aliphatic carbocycles. The van der Waals surface area contributed by atoms with Gasteiger partial charge in [-0.3, -0.25) is 4.90 Å². The molecular formula is C27H28FN5O. The molecule has 6 nitrogen and oxygen atoms in total. The summed E-state index contributed by atoms with van der Waals surface area (Å²) >= 11 is 0. The van der Waals surface area contributed by atoms with Gasteiger partial charge in [-0.15, -0.1) is 0 Å². The predicted octanol–water partition coefficient (Wildman–Crippen LogP) is 4.62. The van der Waals surface area contributed by atoms with Crippen LogP contribution in [0.25, 0.3) is 22.0 Å². The molecule has 174 valence electrons. The van der Waals surface area contributed by atoms with Gasteiger partial charge in [-0.05, 0) is 23.8 Å². The number of halogens is 1. The number of para-hydroxylation sites is 1. The molecule has 34 heavy (non-hydrogen) atoms. The number of hydrogen-bond acceptors (Lipinski definition) is 6. The Hall–Kier alpha value is -3.55. The molecule has 0 unspecified atom stereocenters. The molecule has 5 rings (SSSR count). The average Bonchev–Trinajstić information content (AvgIpc) is 2.89. The largest absolute Gasteiger partial charge is 0.392 e. The number of benzene rings is 3. The van der Waals surface area contributed by atoms with Crippen molar-refractivity contribution in [2.45, 2.75) is 6.61 Å². The van der Waals surface area contributed by atoms with Crippen LogP contribution in [0.15, 0.2) is 72.9 Å². The Morgan fingerprint density at radius 3 is 2.53 bits per heavy atom. The molecule has 1 fully saturated rings. The van der Waals surface area contributed by atoms with Crippen molar-refractivity contribution in [3.63, 3.8) is 0 Å². The van der Waals surface area contributed by atoms with E-state index in [-0.39, 0.29) is 13.3 Å². The van der Waals surface area contributed by atoms with E-state index >= 15 is 0 Å². The van der Waals surface area contributed by atoms with Gasteiger partial charge < -0.3 is 15.3 Å². The summed E-state index contributed by atoms with van der Waals surface area (Å²) in [7, 11) is 0. The molecule has 1 aliphatic heterocycles. The van der Waals surface area contributed by atoms with Crippen molar-refractivity contribution in [3.05, 3.63) is 78.5 Å². The number of aromatic nitrogens is 2. The van der Waals surface area contributed by atoms with Gasteiger partial charge >= 0.3 is 0 Å². The monoisotopic (exact) mass is 457 g/mol. The summed E-state index contributed by atoms with van der Waals surface area (Å²) in [5, 5.41) is 14.3. The minimum absolute atomic E-state index is 0.0632. The first-order valence-corrected chi connectivity index (χ1v) is 11.6. The van der Waals surface area contributed by atoms with Crippen LogP contribution < -0.4 is 10.2 Å². The summed E-state index contributed by atoms with van der Waals surface area (Å²) in [4.78, 5) is 13.7. The van der Waals surface area contributed by atoms with Crippen molar-refractivity contribution in [2.75, 3.05) is 49.6 Å². The molecule has 2 N–H and O–H groups in total. The molecule has 4 aromatic rings. The molecule has 0 radical (unpaired) electrons. The molecule has 0 atom stereocenters. The van der Waals surface area contributed by atoms with Crippen LogP contribution in [0.1, 0.15) is 5.56 Å². The minimum atomic E-state index is -0.314. The number of fused-ring (bicyclic) bond motifs is 1. The maximum absolute atomic E-state index is 12.6. The average molecular weight is 458 g/mol. The quantitative estimate of drug-likeness (QED) is 0.422. The zero-order valence-corrected chi connectivity index (χ0v) is 19.0. The molecule has 0 spiro atoms. The highest BCUT2D eigenvalue weighted by Crippen LogP contribution is 2.29. The molecule has 1 saturated heterocycles. The van der Waals surface area contributed by atoms with E-state index in [1.54, 1.807) is 0 Å². The smallest absolute Gasteiger partial charge is 0.227 e. The fraction of sp³-hybridized carbons (Fsp3) is 0.259. The van der Waals surface area contributed by atoms with Gasteiger partial charge in [-0.25, -0.2) is 14.4 Å². The number of anilines is 3. The van der Waals surface area contributed by atoms with Crippen LogP contribution in [0.5, 0.6) is 0 Å². The van der Waals surface area contributed by atoms with E-state index in [4.69, 9.17) is 4.98 Å². The number of rotatable bonds is 7. The third-order valence-corrected chi connectivity index (χ3v) is 6.32. The molecule has 0 saturated carbocycles. The standard InChI is InChI=1S/C27H28FN5O/c28-11-12-32-13-15-33(16-14-32)25-10-9-23(17-22(25)19-34)30-27-29-18-21-7-4-8-24(26(21)31-27)20-5-2-1-3-6-20/h1-10,17-18,34H,11-16,19H2,(H,29,30,31). The Kier molecular flexibility index (Phi) is 6.65. The number of hydrogen-bond donors (Lipinski definition) is 2. The van der Waals surface area contributed by atoms with E-state index in [1.807, 2.05) is 54.7 Å². The first-order valence-electron chi connectivity index (χ1n) is 11.6. The lowest BCUT2D eigenvalue weighted by Crippen LogP contribution is -2.47. The number of aliphatic hydroxyl groups excluding tert-OH is 1. The SMILES string of the molecule is OCc1cc(Nc2ncc3cccc(-c4ccccc4)c3n2)ccc1N1CCN(CCF)CC1. The van der Waals surface area contributed by atoms with Crippen LogP contribution in [0.3, 0.4) is 0 Å². The van der Waals surface area contributed by atoms with Crippen molar-refractivity contribution >= 4 is 28.2 Å². The minimum Gasteiger partial charge on any atom is -0.392 e. The molecule has 0 bridgehead atoms. The normalized spacial score (nSPS) is 14.5. The summed E-state index contributed by atoms with van der Waals surface area (Å²) in [6.45, 7) is 3.39. The second kappa shape index (κ2) is 10.2. The molecule has 7 heteroatoms. The third-order valence-electron chi connectivity index (χ3n) is 6.32. The summed E-state index contributed by atoms with van der Waals surface area (Å²) in [5.74, 6) is 0.507. The Morgan fingerprint density at radius 2 is 1.76 bits per heavy atom. The summed E-state index contributed by atoms with van der Waals surface area (Å²) in [6, 6.07) is 22.3. The topological polar surface area (TPSA) is 64.5 Å². The van der Waals surface area contributed by atoms with Gasteiger partial charge in [0.2, 0.25) is 5.95 Å². The van der Waals surface area contributed by atoms with E-state index in [2.05, 4.69) is 38.3 Å². The molecular weight excluding hydrogens is 429 g/mol. The van der Waals surface area contributed by atoms with Crippen molar-refractivity contribution in [2.24, 2.45) is 0 Å². The van der Waals surface area contributed by atoms with Crippen LogP contribution >= 0.6 is 0 Å². The molecule has 1 aliphatic rings. The lowest BCUT2D eigenvalue weighted by molar-refractivity contribution is 0.234. The van der Waals surface area contributed by atoms with Gasteiger partial charge in [0.15, 0.2) is 0 Å². The highest BCUT2D eigenvalue weighted by atomic mass is 19.1. The number of aliphatic hydroxyl groups is 1. The van der Waals surface area contributed by atoms with Gasteiger partial charge in [0.1, 0.15) is 6.67 Å². The Morgan fingerprint density at radius 1 is 0.941 bits per heavy atom. The van der Waals surface area contributed by atoms with E-state index < -0.39 is 0 Å². The van der Waals surface area contributed by atoms with Gasteiger partial charge in [0, 0.05) is 66.8 Å². The predicted molar refractivity (Wildman–Crippen MR) is 135 cm³/mol. The number of alkyl halides is 1. The maximum atomic E-state index is 12.6. The Balaban J connectivity index is 1.39. The fourth-order valence-corrected chi connectivity index (χ4v) is 4.53. The van der Waals surface area contributed by atoms with Crippen molar-refractivity contribution in [3.8, 4) is 11.1 Å². The summed E-state index contributed by atoms with van der Waals surface area (Å²) in [6.07, 6.45) is 1.83. The van der Waals surface area contributed by atoms with E-state index in [1.165, 1.54) is 0 Å². The molecule has 3 aromatic carbocycles. The first-order chi connectivity index (χ1) is 16.7. The highest BCUT2D eigenvalue weighted by Gasteiger charge is 2.19. The lowest BCUT2D eigenvalue weighted by Gasteiger charge is -2.36. The first kappa shape index (κ1) is 22.3. The van der Waals surface area contributed by atoms with Gasteiger partial charge in [0.25, 0.3) is 0 Å². The van der Waals surface area contributed by atoms with Crippen molar-refractivity contribution in [1.82, 2.24) is 14.9 Å². The zero-order chi connectivity index (χ0) is 23.3. The van der Waals surface area contributed by atoms with Crippen LogP contribution in [-0.4, -0.2) is 59.4 Å². The van der Waals surface area contributed by atoms with Crippen molar-refractivity contribution < 1.29 is 9.50 Å². The van der Waals surface area contributed by atoms with E-state index in [9.17, 15) is 9.50 Å². The molecule has 2 heterocycles. The van der Waals surface area contributed by atoms with Crippen LogP contribution in [-0.2, 0) is 6.61 Å². The fourth-order valence-electron chi connectivity index (χ4n) is 4.53. The van der Waals surface area contributed by atoms with E-state index in [0.717, 1.165) is 65.1 Å². The van der Waals surface area contributed by atoms with Crippen LogP contribution in [0.4, 0.5) is 21.7 Å². The van der Waals surface area contributed by atoms with Crippen LogP contribution in [0.2, 0.25) is 0 Å². The van der Waals surface area contributed by atoms with Gasteiger partial charge in [-0.2, -0.15) is 0 Å². The second-order valence-electron chi connectivity index (χ2n) is 8.45. The lowest BCUT2D eigenvalue weighted by atomic mass is 10.0. The molecule has 0 amide bonds. The zero-order valence-electron chi connectivity index (χ0n) is 19.0. The second-order valence-corrected chi connectivity index (χ2v) is 8.45. The third kappa shape index (κ3) is 4.71. The Labute approximate surface area is 198 Å². The number of piperazine rings is 1. The van der Waals surface area contributed by atoms with Gasteiger partial charge in [-0.1, -0.05) is 48.5 Å². The Bertz CT molecular complexity index is 1260. The molecule has 1 aromatic heterocycles. The van der Waals surface area contributed by atoms with Crippen molar-refractivity contribution in [1.29, 1.82) is 0 Å². The van der Waals surface area contributed by atoms with Gasteiger partial charge in [0.05, 0.1) is 12.1 Å². The van der Waals surface area contributed by atoms with Crippen LogP contribution in [0, 0.1) is 0 Å². The van der Waals surface area contributed by atoms with E-state index in [0.29, 0.717) is 12.5 Å². The summed E-state index contributed by atoms with van der Waals surface area (Å²) < 4.78 is 12.6. The number of nitrogens with zero attached hydrogens (tertiary/aromatic N) is 4. The number of nitrogens with one attached hydrogen (secondary N) is 1. The highest BCUT2D eigenvalue weighted by molar-refractivity contribution is 5.93. The summed E-state index contributed by atoms with van der Waals surface area (Å²) in [5.41, 5.74) is 5.73. The maximum Gasteiger partial charge on any atom is 0.227 e.